The van der Waals surface area contributed by atoms with E-state index in [1.807, 2.05) is 12.1 Å². The second-order valence-corrected chi connectivity index (χ2v) is 13.0. The average Bonchev–Trinajstić information content (AvgIpc) is 3.61. The third-order valence-corrected chi connectivity index (χ3v) is 9.86. The lowest BCUT2D eigenvalue weighted by Crippen LogP contribution is -2.14. The Balaban J connectivity index is 1.16. The van der Waals surface area contributed by atoms with Gasteiger partial charge in [0.2, 0.25) is 0 Å². The van der Waals surface area contributed by atoms with E-state index in [-0.39, 0.29) is 5.41 Å². The second-order valence-electron chi connectivity index (χ2n) is 13.0. The zero-order chi connectivity index (χ0) is 31.5. The highest BCUT2D eigenvalue weighted by atomic mass is 16.3. The summed E-state index contributed by atoms with van der Waals surface area (Å²) in [4.78, 5) is 2.34. The number of hydrogen-bond acceptors (Lipinski definition) is 2. The van der Waals surface area contributed by atoms with Gasteiger partial charge in [-0.05, 0) is 87.5 Å². The first-order valence-corrected chi connectivity index (χ1v) is 16.3. The predicted molar refractivity (Wildman–Crippen MR) is 197 cm³/mol. The Morgan fingerprint density at radius 3 is 1.87 bits per heavy atom. The standard InChI is InChI=1S/C45H33NO/c1-45(2)41-23-8-6-19-37(41)40-29-31(25-26-42(40)45)30-13-10-17-34(27-30)46(33-15-4-3-5-16-33)35-18-11-14-32(28-35)36-21-12-22-39-38-20-7-9-24-43(38)47-44(36)39/h3-29H,1-2H3. The SMILES string of the molecule is CC1(C)c2ccccc2-c2cc(-c3cccc(N(c4ccccc4)c4cccc(-c5cccc6c5oc5ccccc56)c4)c3)ccc21. The van der Waals surface area contributed by atoms with Crippen LogP contribution in [0, 0.1) is 0 Å². The Kier molecular flexibility index (Phi) is 6.20. The van der Waals surface area contributed by atoms with Crippen LogP contribution in [0.25, 0.3) is 55.3 Å². The summed E-state index contributed by atoms with van der Waals surface area (Å²) in [5, 5.41) is 2.28. The highest BCUT2D eigenvalue weighted by Gasteiger charge is 2.35. The molecule has 1 heterocycles. The molecular formula is C45H33NO. The van der Waals surface area contributed by atoms with Crippen molar-refractivity contribution >= 4 is 39.0 Å². The normalized spacial score (nSPS) is 13.1. The van der Waals surface area contributed by atoms with Crippen LogP contribution in [0.4, 0.5) is 17.1 Å². The summed E-state index contributed by atoms with van der Waals surface area (Å²) in [5.74, 6) is 0. The van der Waals surface area contributed by atoms with Gasteiger partial charge in [-0.3, -0.25) is 0 Å². The largest absolute Gasteiger partial charge is 0.455 e. The Bertz CT molecular complexity index is 2450. The van der Waals surface area contributed by atoms with Gasteiger partial charge in [0.15, 0.2) is 0 Å². The first-order chi connectivity index (χ1) is 23.1. The van der Waals surface area contributed by atoms with Crippen LogP contribution in [-0.4, -0.2) is 0 Å². The van der Waals surface area contributed by atoms with Crippen molar-refractivity contribution in [3.05, 3.63) is 175 Å². The molecule has 0 N–H and O–H groups in total. The van der Waals surface area contributed by atoms with E-state index >= 15 is 0 Å². The fraction of sp³-hybridized carbons (Fsp3) is 0.0667. The minimum atomic E-state index is -0.00582. The summed E-state index contributed by atoms with van der Waals surface area (Å²) in [6.07, 6.45) is 0. The topological polar surface area (TPSA) is 16.4 Å². The van der Waals surface area contributed by atoms with Gasteiger partial charge in [0, 0.05) is 38.8 Å². The smallest absolute Gasteiger partial charge is 0.143 e. The molecule has 224 valence electrons. The monoisotopic (exact) mass is 603 g/mol. The molecule has 1 aliphatic carbocycles. The molecule has 0 spiro atoms. The number of hydrogen-bond donors (Lipinski definition) is 0. The highest BCUT2D eigenvalue weighted by Crippen LogP contribution is 2.50. The molecule has 0 atom stereocenters. The van der Waals surface area contributed by atoms with E-state index in [4.69, 9.17) is 4.42 Å². The summed E-state index contributed by atoms with van der Waals surface area (Å²) in [6.45, 7) is 4.66. The summed E-state index contributed by atoms with van der Waals surface area (Å²) in [6, 6.07) is 58.8. The Hall–Kier alpha value is -5.86. The fourth-order valence-electron chi connectivity index (χ4n) is 7.54. The van der Waals surface area contributed by atoms with E-state index in [1.165, 1.54) is 33.4 Å². The fourth-order valence-corrected chi connectivity index (χ4v) is 7.54. The van der Waals surface area contributed by atoms with Gasteiger partial charge in [-0.15, -0.1) is 0 Å². The lowest BCUT2D eigenvalue weighted by molar-refractivity contribution is 0.660. The first-order valence-electron chi connectivity index (χ1n) is 16.3. The molecule has 7 aromatic carbocycles. The van der Waals surface area contributed by atoms with Gasteiger partial charge < -0.3 is 9.32 Å². The van der Waals surface area contributed by atoms with E-state index in [1.54, 1.807) is 0 Å². The molecule has 0 saturated carbocycles. The molecule has 2 heteroatoms. The lowest BCUT2D eigenvalue weighted by atomic mass is 9.82. The van der Waals surface area contributed by atoms with Crippen molar-refractivity contribution in [3.8, 4) is 33.4 Å². The molecule has 0 radical (unpaired) electrons. The second kappa shape index (κ2) is 10.6. The average molecular weight is 604 g/mol. The summed E-state index contributed by atoms with van der Waals surface area (Å²) >= 11 is 0. The van der Waals surface area contributed by atoms with Crippen LogP contribution in [0.2, 0.25) is 0 Å². The summed E-state index contributed by atoms with van der Waals surface area (Å²) < 4.78 is 6.43. The minimum Gasteiger partial charge on any atom is -0.455 e. The van der Waals surface area contributed by atoms with E-state index in [0.29, 0.717) is 0 Å². The minimum absolute atomic E-state index is 0.00582. The van der Waals surface area contributed by atoms with Crippen LogP contribution in [0.5, 0.6) is 0 Å². The van der Waals surface area contributed by atoms with Crippen molar-refractivity contribution < 1.29 is 4.42 Å². The van der Waals surface area contributed by atoms with Gasteiger partial charge in [0.25, 0.3) is 0 Å². The molecule has 1 aromatic heterocycles. The molecule has 0 bridgehead atoms. The molecule has 0 unspecified atom stereocenters. The number of nitrogens with zero attached hydrogens (tertiary/aromatic N) is 1. The Morgan fingerprint density at radius 2 is 1.02 bits per heavy atom. The van der Waals surface area contributed by atoms with E-state index in [0.717, 1.165) is 50.1 Å². The van der Waals surface area contributed by atoms with Crippen LogP contribution in [-0.2, 0) is 5.41 Å². The van der Waals surface area contributed by atoms with Gasteiger partial charge in [-0.25, -0.2) is 0 Å². The van der Waals surface area contributed by atoms with Crippen molar-refractivity contribution in [3.63, 3.8) is 0 Å². The molecule has 0 amide bonds. The third-order valence-electron chi connectivity index (χ3n) is 9.86. The van der Waals surface area contributed by atoms with Gasteiger partial charge in [0.1, 0.15) is 11.2 Å². The van der Waals surface area contributed by atoms with Crippen molar-refractivity contribution in [2.75, 3.05) is 4.90 Å². The predicted octanol–water partition coefficient (Wildman–Crippen LogP) is 12.7. The van der Waals surface area contributed by atoms with Gasteiger partial charge >= 0.3 is 0 Å². The maximum Gasteiger partial charge on any atom is 0.143 e. The molecule has 0 saturated heterocycles. The van der Waals surface area contributed by atoms with Crippen molar-refractivity contribution in [2.24, 2.45) is 0 Å². The van der Waals surface area contributed by atoms with Gasteiger partial charge in [0.05, 0.1) is 0 Å². The Morgan fingerprint density at radius 1 is 0.426 bits per heavy atom. The quantitative estimate of drug-likeness (QED) is 0.195. The molecule has 47 heavy (non-hydrogen) atoms. The van der Waals surface area contributed by atoms with Crippen LogP contribution >= 0.6 is 0 Å². The first kappa shape index (κ1) is 27.5. The van der Waals surface area contributed by atoms with Crippen molar-refractivity contribution in [1.29, 1.82) is 0 Å². The van der Waals surface area contributed by atoms with Crippen molar-refractivity contribution in [1.82, 2.24) is 0 Å². The summed E-state index contributed by atoms with van der Waals surface area (Å²) in [5.41, 5.74) is 15.2. The number of rotatable bonds is 5. The van der Waals surface area contributed by atoms with E-state index < -0.39 is 0 Å². The maximum absolute atomic E-state index is 6.43. The lowest BCUT2D eigenvalue weighted by Gasteiger charge is -2.26. The number of fused-ring (bicyclic) bond motifs is 6. The molecule has 1 aliphatic rings. The number of para-hydroxylation sites is 3. The number of benzene rings is 7. The highest BCUT2D eigenvalue weighted by molar-refractivity contribution is 6.09. The summed E-state index contributed by atoms with van der Waals surface area (Å²) in [7, 11) is 0. The molecule has 0 aliphatic heterocycles. The van der Waals surface area contributed by atoms with Crippen LogP contribution in [0.1, 0.15) is 25.0 Å². The third kappa shape index (κ3) is 4.40. The van der Waals surface area contributed by atoms with E-state index in [2.05, 4.69) is 170 Å². The van der Waals surface area contributed by atoms with Crippen LogP contribution in [0.3, 0.4) is 0 Å². The van der Waals surface area contributed by atoms with E-state index in [9.17, 15) is 0 Å². The molecule has 2 nitrogen and oxygen atoms in total. The molecule has 8 aromatic rings. The number of anilines is 3. The number of furan rings is 1. The zero-order valence-electron chi connectivity index (χ0n) is 26.4. The molecular weight excluding hydrogens is 571 g/mol. The van der Waals surface area contributed by atoms with Gasteiger partial charge in [-0.1, -0.05) is 129 Å². The maximum atomic E-state index is 6.43. The Labute approximate surface area is 275 Å². The zero-order valence-corrected chi connectivity index (χ0v) is 26.4. The molecule has 0 fully saturated rings. The van der Waals surface area contributed by atoms with Crippen LogP contribution in [0.15, 0.2) is 168 Å². The van der Waals surface area contributed by atoms with Crippen LogP contribution < -0.4 is 4.90 Å². The molecule has 9 rings (SSSR count). The van der Waals surface area contributed by atoms with Crippen molar-refractivity contribution in [2.45, 2.75) is 19.3 Å². The van der Waals surface area contributed by atoms with Gasteiger partial charge in [-0.2, -0.15) is 0 Å².